The summed E-state index contributed by atoms with van der Waals surface area (Å²) in [4.78, 5) is 52.1. The molecule has 1 unspecified atom stereocenters. The number of fused-ring (bicyclic) bond motifs is 1. The van der Waals surface area contributed by atoms with Gasteiger partial charge in [0.1, 0.15) is 13.2 Å². The van der Waals surface area contributed by atoms with Gasteiger partial charge in [0.05, 0.1) is 16.5 Å². The smallest absolute Gasteiger partial charge is 0.338 e. The molecule has 11 heteroatoms. The van der Waals surface area contributed by atoms with Crippen LogP contribution in [0.5, 0.6) is 11.5 Å². The van der Waals surface area contributed by atoms with E-state index in [1.54, 1.807) is 36.4 Å². The van der Waals surface area contributed by atoms with Gasteiger partial charge in [0.25, 0.3) is 5.91 Å². The van der Waals surface area contributed by atoms with E-state index in [4.69, 9.17) is 19.9 Å². The normalized spacial score (nSPS) is 16.3. The zero-order chi connectivity index (χ0) is 26.6. The summed E-state index contributed by atoms with van der Waals surface area (Å²) in [5.41, 5.74) is 7.38. The van der Waals surface area contributed by atoms with Crippen molar-refractivity contribution in [2.24, 2.45) is 0 Å². The standard InChI is InChI=1S/C27H23N3O7S/c28-17-2-1-3-20(12-17)38-23-14-25(32)30(26(23)33)19-7-4-16(5-8-19)27(34)37-15-24(31)29-18-6-9-21-22(13-18)36-11-10-35-21/h1-9,12-13,23H,10-11,14-15,28H2,(H,29,31). The zero-order valence-corrected chi connectivity index (χ0v) is 20.9. The Labute approximate surface area is 222 Å². The molecule has 3 amide bonds. The van der Waals surface area contributed by atoms with E-state index < -0.39 is 23.7 Å². The van der Waals surface area contributed by atoms with Gasteiger partial charge < -0.3 is 25.3 Å². The molecular formula is C27H23N3O7S. The summed E-state index contributed by atoms with van der Waals surface area (Å²) in [6.45, 7) is 0.384. The van der Waals surface area contributed by atoms with Crippen LogP contribution in [-0.2, 0) is 19.1 Å². The third-order valence-corrected chi connectivity index (χ3v) is 6.94. The lowest BCUT2D eigenvalue weighted by Crippen LogP contribution is -2.31. The lowest BCUT2D eigenvalue weighted by atomic mass is 10.2. The predicted molar refractivity (Wildman–Crippen MR) is 140 cm³/mol. The molecule has 3 N–H and O–H groups in total. The van der Waals surface area contributed by atoms with E-state index in [1.165, 1.54) is 36.0 Å². The first-order valence-electron chi connectivity index (χ1n) is 11.7. The molecule has 0 bridgehead atoms. The Hall–Kier alpha value is -4.51. The molecule has 0 radical (unpaired) electrons. The third kappa shape index (κ3) is 5.57. The number of carbonyl (C=O) groups excluding carboxylic acids is 4. The van der Waals surface area contributed by atoms with Crippen LogP contribution in [0.3, 0.4) is 0 Å². The molecule has 5 rings (SSSR count). The second kappa shape index (κ2) is 10.9. The van der Waals surface area contributed by atoms with Gasteiger partial charge in [-0.1, -0.05) is 6.07 Å². The van der Waals surface area contributed by atoms with Crippen molar-refractivity contribution in [3.8, 4) is 11.5 Å². The van der Waals surface area contributed by atoms with Crippen LogP contribution in [0.1, 0.15) is 16.8 Å². The molecule has 194 valence electrons. The van der Waals surface area contributed by atoms with E-state index in [0.717, 1.165) is 9.80 Å². The molecule has 2 heterocycles. The van der Waals surface area contributed by atoms with Gasteiger partial charge in [-0.25, -0.2) is 9.69 Å². The van der Waals surface area contributed by atoms with Gasteiger partial charge in [-0.15, -0.1) is 11.8 Å². The van der Waals surface area contributed by atoms with Crippen molar-refractivity contribution in [3.05, 3.63) is 72.3 Å². The maximum absolute atomic E-state index is 12.9. The van der Waals surface area contributed by atoms with Crippen LogP contribution in [0.15, 0.2) is 71.6 Å². The summed E-state index contributed by atoms with van der Waals surface area (Å²) < 4.78 is 16.0. The number of hydrogen-bond donors (Lipinski definition) is 2. The summed E-state index contributed by atoms with van der Waals surface area (Å²) in [5, 5.41) is 2.07. The number of anilines is 3. The van der Waals surface area contributed by atoms with Gasteiger partial charge in [0.15, 0.2) is 18.1 Å². The van der Waals surface area contributed by atoms with Gasteiger partial charge in [-0.3, -0.25) is 14.4 Å². The van der Waals surface area contributed by atoms with E-state index in [-0.39, 0.29) is 23.8 Å². The van der Waals surface area contributed by atoms with Crippen LogP contribution < -0.4 is 25.4 Å². The van der Waals surface area contributed by atoms with Crippen LogP contribution in [-0.4, -0.2) is 48.8 Å². The number of hydrogen-bond acceptors (Lipinski definition) is 9. The zero-order valence-electron chi connectivity index (χ0n) is 20.0. The minimum Gasteiger partial charge on any atom is -0.486 e. The first kappa shape index (κ1) is 25.2. The molecule has 0 aromatic heterocycles. The summed E-state index contributed by atoms with van der Waals surface area (Å²) >= 11 is 1.28. The Balaban J connectivity index is 1.15. The number of imide groups is 1. The van der Waals surface area contributed by atoms with Crippen molar-refractivity contribution < 1.29 is 33.4 Å². The van der Waals surface area contributed by atoms with Crippen LogP contribution in [0, 0.1) is 0 Å². The fourth-order valence-electron chi connectivity index (χ4n) is 4.00. The molecule has 1 atom stereocenters. The highest BCUT2D eigenvalue weighted by atomic mass is 32.2. The second-order valence-electron chi connectivity index (χ2n) is 8.48. The third-order valence-electron chi connectivity index (χ3n) is 5.76. The molecule has 0 spiro atoms. The number of nitrogens with one attached hydrogen (secondary N) is 1. The van der Waals surface area contributed by atoms with Crippen molar-refractivity contribution in [1.82, 2.24) is 0 Å². The average molecular weight is 534 g/mol. The first-order chi connectivity index (χ1) is 18.4. The van der Waals surface area contributed by atoms with E-state index in [0.29, 0.717) is 41.8 Å². The molecule has 3 aromatic carbocycles. The van der Waals surface area contributed by atoms with Crippen LogP contribution in [0.4, 0.5) is 17.1 Å². The largest absolute Gasteiger partial charge is 0.486 e. The summed E-state index contributed by atoms with van der Waals surface area (Å²) in [5.74, 6) is -0.796. The Bertz CT molecular complexity index is 1410. The van der Waals surface area contributed by atoms with Gasteiger partial charge in [0, 0.05) is 28.8 Å². The minimum absolute atomic E-state index is 0.0561. The van der Waals surface area contributed by atoms with Crippen molar-refractivity contribution >= 4 is 52.5 Å². The number of amides is 3. The SMILES string of the molecule is Nc1cccc(SC2CC(=O)N(c3ccc(C(=O)OCC(=O)Nc4ccc5c(c4)OCCO5)cc3)C2=O)c1. The fourth-order valence-corrected chi connectivity index (χ4v) is 5.12. The Morgan fingerprint density at radius 3 is 2.53 bits per heavy atom. The topological polar surface area (TPSA) is 137 Å². The first-order valence-corrected chi connectivity index (χ1v) is 12.6. The molecule has 38 heavy (non-hydrogen) atoms. The Morgan fingerprint density at radius 2 is 1.76 bits per heavy atom. The average Bonchev–Trinajstić information content (AvgIpc) is 3.19. The quantitative estimate of drug-likeness (QED) is 0.266. The second-order valence-corrected chi connectivity index (χ2v) is 9.76. The van der Waals surface area contributed by atoms with E-state index >= 15 is 0 Å². The minimum atomic E-state index is -0.719. The number of nitrogens with zero attached hydrogens (tertiary/aromatic N) is 1. The molecule has 10 nitrogen and oxygen atoms in total. The number of rotatable bonds is 7. The number of esters is 1. The fraction of sp³-hybridized carbons (Fsp3) is 0.185. The van der Waals surface area contributed by atoms with Crippen molar-refractivity contribution in [1.29, 1.82) is 0 Å². The molecule has 1 saturated heterocycles. The Morgan fingerprint density at radius 1 is 1.00 bits per heavy atom. The van der Waals surface area contributed by atoms with E-state index in [9.17, 15) is 19.2 Å². The number of nitrogens with two attached hydrogens (primary N) is 1. The van der Waals surface area contributed by atoms with Crippen LogP contribution in [0.25, 0.3) is 0 Å². The highest BCUT2D eigenvalue weighted by Gasteiger charge is 2.40. The van der Waals surface area contributed by atoms with Gasteiger partial charge >= 0.3 is 5.97 Å². The summed E-state index contributed by atoms with van der Waals surface area (Å²) in [6.07, 6.45) is 0.0561. The molecular weight excluding hydrogens is 510 g/mol. The maximum atomic E-state index is 12.9. The van der Waals surface area contributed by atoms with Crippen LogP contribution >= 0.6 is 11.8 Å². The lowest BCUT2D eigenvalue weighted by molar-refractivity contribution is -0.121. The highest BCUT2D eigenvalue weighted by molar-refractivity contribution is 8.00. The maximum Gasteiger partial charge on any atom is 0.338 e. The number of benzene rings is 3. The summed E-state index contributed by atoms with van der Waals surface area (Å²) in [6, 6.07) is 18.0. The molecule has 2 aliphatic rings. The van der Waals surface area contributed by atoms with E-state index in [2.05, 4.69) is 5.32 Å². The Kier molecular flexibility index (Phi) is 7.18. The number of nitrogen functional groups attached to an aromatic ring is 1. The van der Waals surface area contributed by atoms with E-state index in [1.807, 2.05) is 6.07 Å². The van der Waals surface area contributed by atoms with Crippen molar-refractivity contribution in [3.63, 3.8) is 0 Å². The monoisotopic (exact) mass is 533 g/mol. The molecule has 1 fully saturated rings. The number of ether oxygens (including phenoxy) is 3. The van der Waals surface area contributed by atoms with Gasteiger partial charge in [-0.2, -0.15) is 0 Å². The summed E-state index contributed by atoms with van der Waals surface area (Å²) in [7, 11) is 0. The van der Waals surface area contributed by atoms with Crippen molar-refractivity contribution in [2.75, 3.05) is 35.8 Å². The van der Waals surface area contributed by atoms with Gasteiger partial charge in [0.2, 0.25) is 11.8 Å². The van der Waals surface area contributed by atoms with Gasteiger partial charge in [-0.05, 0) is 54.6 Å². The van der Waals surface area contributed by atoms with Crippen LogP contribution in [0.2, 0.25) is 0 Å². The highest BCUT2D eigenvalue weighted by Crippen LogP contribution is 2.35. The van der Waals surface area contributed by atoms with Crippen molar-refractivity contribution in [2.45, 2.75) is 16.6 Å². The number of thioether (sulfide) groups is 1. The molecule has 3 aromatic rings. The lowest BCUT2D eigenvalue weighted by Gasteiger charge is -2.19. The molecule has 0 aliphatic carbocycles. The predicted octanol–water partition coefficient (Wildman–Crippen LogP) is 3.26. The number of carbonyl (C=O) groups is 4. The molecule has 2 aliphatic heterocycles. The molecule has 0 saturated carbocycles.